The first-order valence-corrected chi connectivity index (χ1v) is 8.01. The molecule has 0 saturated carbocycles. The summed E-state index contributed by atoms with van der Waals surface area (Å²) in [6.07, 6.45) is 2.43. The van der Waals surface area contributed by atoms with Gasteiger partial charge >= 0.3 is 0 Å². The van der Waals surface area contributed by atoms with Crippen molar-refractivity contribution in [3.63, 3.8) is 0 Å². The van der Waals surface area contributed by atoms with E-state index < -0.39 is 5.60 Å². The third-order valence-corrected chi connectivity index (χ3v) is 4.82. The van der Waals surface area contributed by atoms with Gasteiger partial charge in [0.05, 0.1) is 9.26 Å². The van der Waals surface area contributed by atoms with Gasteiger partial charge in [0.25, 0.3) is 0 Å². The van der Waals surface area contributed by atoms with E-state index in [1.165, 1.54) is 0 Å². The molecule has 6 heteroatoms. The largest absolute Gasteiger partial charge is 0.383 e. The third-order valence-electron chi connectivity index (χ3n) is 3.65. The number of aromatic nitrogens is 2. The van der Waals surface area contributed by atoms with Gasteiger partial charge in [0, 0.05) is 33.2 Å². The van der Waals surface area contributed by atoms with Crippen molar-refractivity contribution in [1.82, 2.24) is 9.97 Å². The summed E-state index contributed by atoms with van der Waals surface area (Å²) in [5.74, 6) is 1.78. The molecular weight excluding hydrogens is 369 g/mol. The molecule has 0 bridgehead atoms. The summed E-state index contributed by atoms with van der Waals surface area (Å²) >= 11 is 2.23. The number of hydrogen-bond donors (Lipinski definition) is 1. The Bertz CT molecular complexity index is 474. The third kappa shape index (κ3) is 3.23. The van der Waals surface area contributed by atoms with Crippen LogP contribution in [0.25, 0.3) is 0 Å². The first-order chi connectivity index (χ1) is 9.48. The van der Waals surface area contributed by atoms with Crippen molar-refractivity contribution in [2.24, 2.45) is 5.92 Å². The fourth-order valence-corrected chi connectivity index (χ4v) is 2.92. The van der Waals surface area contributed by atoms with Gasteiger partial charge in [-0.25, -0.2) is 9.97 Å². The predicted octanol–water partition coefficient (Wildman–Crippen LogP) is 2.51. The van der Waals surface area contributed by atoms with E-state index in [9.17, 15) is 0 Å². The van der Waals surface area contributed by atoms with E-state index in [-0.39, 0.29) is 0 Å². The van der Waals surface area contributed by atoms with Crippen molar-refractivity contribution in [3.8, 4) is 0 Å². The normalized spacial score (nSPS) is 18.4. The van der Waals surface area contributed by atoms with Crippen LogP contribution in [0.5, 0.6) is 0 Å². The molecule has 0 amide bonds. The molecule has 112 valence electrons. The number of halogens is 1. The Morgan fingerprint density at radius 2 is 2.00 bits per heavy atom. The average Bonchev–Trinajstić information content (AvgIpc) is 2.44. The van der Waals surface area contributed by atoms with Gasteiger partial charge in [0.15, 0.2) is 5.82 Å². The van der Waals surface area contributed by atoms with Crippen molar-refractivity contribution >= 4 is 28.4 Å². The van der Waals surface area contributed by atoms with Crippen LogP contribution in [0.4, 0.5) is 5.82 Å². The highest BCUT2D eigenvalue weighted by atomic mass is 127. The summed E-state index contributed by atoms with van der Waals surface area (Å²) in [6.45, 7) is 5.69. The minimum absolute atomic E-state index is 0.456. The highest BCUT2D eigenvalue weighted by Gasteiger charge is 2.38. The number of hydrogen-bond acceptors (Lipinski definition) is 5. The quantitative estimate of drug-likeness (QED) is 0.799. The van der Waals surface area contributed by atoms with Gasteiger partial charge in [-0.1, -0.05) is 13.8 Å². The maximum absolute atomic E-state index is 6.07. The van der Waals surface area contributed by atoms with Crippen LogP contribution in [0, 0.1) is 9.49 Å². The summed E-state index contributed by atoms with van der Waals surface area (Å²) in [4.78, 5) is 9.25. The van der Waals surface area contributed by atoms with Crippen LogP contribution in [0.2, 0.25) is 0 Å². The summed E-state index contributed by atoms with van der Waals surface area (Å²) in [5, 5.41) is 0. The Hall–Kier alpha value is -0.470. The van der Waals surface area contributed by atoms with Crippen molar-refractivity contribution < 1.29 is 9.47 Å². The van der Waals surface area contributed by atoms with Gasteiger partial charge in [-0.05, 0) is 34.9 Å². The fourth-order valence-electron chi connectivity index (χ4n) is 2.46. The topological polar surface area (TPSA) is 70.3 Å². The van der Waals surface area contributed by atoms with E-state index in [1.54, 1.807) is 7.11 Å². The van der Waals surface area contributed by atoms with Crippen molar-refractivity contribution in [1.29, 1.82) is 0 Å². The number of nitrogens with zero attached hydrogens (tertiary/aromatic N) is 2. The Balaban J connectivity index is 2.42. The predicted molar refractivity (Wildman–Crippen MR) is 86.4 cm³/mol. The van der Waals surface area contributed by atoms with Crippen molar-refractivity contribution in [2.75, 3.05) is 26.1 Å². The number of nitrogens with two attached hydrogens (primary N) is 1. The molecule has 2 rings (SSSR count). The SMILES string of the molecule is COC1(c2nc(N)c(I)c(CC(C)C)n2)CCOCC1. The van der Waals surface area contributed by atoms with Crippen LogP contribution in [-0.4, -0.2) is 30.3 Å². The molecule has 0 atom stereocenters. The zero-order valence-corrected chi connectivity index (χ0v) is 14.4. The maximum atomic E-state index is 6.07. The Labute approximate surface area is 133 Å². The van der Waals surface area contributed by atoms with E-state index in [0.29, 0.717) is 30.8 Å². The van der Waals surface area contributed by atoms with Crippen molar-refractivity contribution in [2.45, 2.75) is 38.7 Å². The summed E-state index contributed by atoms with van der Waals surface area (Å²) in [7, 11) is 1.71. The molecule has 0 radical (unpaired) electrons. The van der Waals surface area contributed by atoms with Crippen LogP contribution >= 0.6 is 22.6 Å². The average molecular weight is 391 g/mol. The molecule has 1 aromatic heterocycles. The smallest absolute Gasteiger partial charge is 0.163 e. The Morgan fingerprint density at radius 3 is 2.55 bits per heavy atom. The molecule has 0 aliphatic carbocycles. The molecule has 0 spiro atoms. The van der Waals surface area contributed by atoms with E-state index in [4.69, 9.17) is 20.2 Å². The van der Waals surface area contributed by atoms with Gasteiger partial charge in [-0.3, -0.25) is 0 Å². The van der Waals surface area contributed by atoms with E-state index >= 15 is 0 Å². The summed E-state index contributed by atoms with van der Waals surface area (Å²) in [5.41, 5.74) is 6.64. The van der Waals surface area contributed by atoms with Gasteiger partial charge < -0.3 is 15.2 Å². The second-order valence-electron chi connectivity index (χ2n) is 5.60. The number of rotatable bonds is 4. The summed E-state index contributed by atoms with van der Waals surface area (Å²) in [6, 6.07) is 0. The second kappa shape index (κ2) is 6.53. The zero-order chi connectivity index (χ0) is 14.8. The molecule has 1 aliphatic rings. The van der Waals surface area contributed by atoms with Crippen molar-refractivity contribution in [3.05, 3.63) is 15.1 Å². The minimum Gasteiger partial charge on any atom is -0.383 e. The molecule has 1 aliphatic heterocycles. The minimum atomic E-state index is -0.456. The molecule has 2 N–H and O–H groups in total. The van der Waals surface area contributed by atoms with Crippen LogP contribution in [0.3, 0.4) is 0 Å². The standard InChI is InChI=1S/C14H22IN3O2/c1-9(2)8-10-11(15)12(16)18-13(17-10)14(19-3)4-6-20-7-5-14/h9H,4-8H2,1-3H3,(H2,16,17,18). The lowest BCUT2D eigenvalue weighted by molar-refractivity contribution is -0.100. The highest BCUT2D eigenvalue weighted by molar-refractivity contribution is 14.1. The number of methoxy groups -OCH3 is 1. The first-order valence-electron chi connectivity index (χ1n) is 6.94. The van der Waals surface area contributed by atoms with Crippen LogP contribution in [0.1, 0.15) is 38.2 Å². The molecule has 20 heavy (non-hydrogen) atoms. The molecular formula is C14H22IN3O2. The van der Waals surface area contributed by atoms with Crippen LogP contribution in [-0.2, 0) is 21.5 Å². The van der Waals surface area contributed by atoms with E-state index in [1.807, 2.05) is 0 Å². The molecule has 5 nitrogen and oxygen atoms in total. The Kier molecular flexibility index (Phi) is 5.19. The molecule has 0 aromatic carbocycles. The second-order valence-corrected chi connectivity index (χ2v) is 6.68. The molecule has 1 fully saturated rings. The molecule has 0 unspecified atom stereocenters. The number of nitrogen functional groups attached to an aromatic ring is 1. The zero-order valence-electron chi connectivity index (χ0n) is 12.3. The lowest BCUT2D eigenvalue weighted by Gasteiger charge is -2.34. The maximum Gasteiger partial charge on any atom is 0.163 e. The van der Waals surface area contributed by atoms with Crippen LogP contribution < -0.4 is 5.73 Å². The summed E-state index contributed by atoms with van der Waals surface area (Å²) < 4.78 is 12.1. The van der Waals surface area contributed by atoms with E-state index in [2.05, 4.69) is 41.4 Å². The van der Waals surface area contributed by atoms with Gasteiger partial charge in [-0.2, -0.15) is 0 Å². The van der Waals surface area contributed by atoms with Gasteiger partial charge in [0.2, 0.25) is 0 Å². The first kappa shape index (κ1) is 15.9. The van der Waals surface area contributed by atoms with Crippen LogP contribution in [0.15, 0.2) is 0 Å². The molecule has 1 aromatic rings. The van der Waals surface area contributed by atoms with E-state index in [0.717, 1.165) is 28.5 Å². The fraction of sp³-hybridized carbons (Fsp3) is 0.714. The molecule has 1 saturated heterocycles. The highest BCUT2D eigenvalue weighted by Crippen LogP contribution is 2.35. The number of anilines is 1. The Morgan fingerprint density at radius 1 is 1.35 bits per heavy atom. The number of ether oxygens (including phenoxy) is 2. The molecule has 2 heterocycles. The lowest BCUT2D eigenvalue weighted by atomic mass is 9.92. The van der Waals surface area contributed by atoms with Gasteiger partial charge in [0.1, 0.15) is 11.4 Å². The lowest BCUT2D eigenvalue weighted by Crippen LogP contribution is -2.38. The monoisotopic (exact) mass is 391 g/mol. The van der Waals surface area contributed by atoms with Gasteiger partial charge in [-0.15, -0.1) is 0 Å².